The van der Waals surface area contributed by atoms with Crippen molar-refractivity contribution in [2.24, 2.45) is 0 Å². The van der Waals surface area contributed by atoms with E-state index in [1.165, 1.54) is 366 Å². The van der Waals surface area contributed by atoms with Crippen molar-refractivity contribution in [3.8, 4) is 0 Å². The van der Waals surface area contributed by atoms with Gasteiger partial charge in [-0.2, -0.15) is 0 Å². The highest BCUT2D eigenvalue weighted by atomic mass is 31.2. The number of ether oxygens (including phenoxy) is 2. The molecule has 2 unspecified atom stereocenters. The molecule has 0 aliphatic carbocycles. The minimum absolute atomic E-state index is 0.0347. The summed E-state index contributed by atoms with van der Waals surface area (Å²) in [5, 5.41) is 0. The van der Waals surface area contributed by atoms with Gasteiger partial charge < -0.3 is 18.9 Å². The maximum Gasteiger partial charge on any atom is 0.472 e. The van der Waals surface area contributed by atoms with Gasteiger partial charge in [-0.25, -0.2) is 4.57 Å². The first-order chi connectivity index (χ1) is 51.0. The van der Waals surface area contributed by atoms with Gasteiger partial charge in [0.05, 0.1) is 27.7 Å². The standard InChI is InChI=1S/C94H176NO8P/c1-6-8-10-12-14-16-18-20-22-24-26-28-30-32-34-36-38-40-42-44-46-47-49-51-53-55-57-59-61-63-65-67-69-71-73-75-77-79-81-83-85-87-94(97)103-92(91-102-104(98,99)101-89-88-95(3,4)5)90-100-93(96)86-84-82-80-78-76-74-72-70-68-66-64-62-60-58-56-54-52-50-48-45-43-41-39-37-35-33-31-29-27-25-23-21-19-17-15-13-11-9-7-2/h8,10,14,16,19-22,25-28,92H,6-7,9,11-13,15,17-18,23-24,29-91H2,1-5H3/p+1/b10-8-,16-14-,21-19-,22-20-,27-25-,28-26-. The molecule has 610 valence electrons. The normalized spacial score (nSPS) is 13.2. The van der Waals surface area contributed by atoms with E-state index < -0.39 is 26.5 Å². The van der Waals surface area contributed by atoms with E-state index in [9.17, 15) is 19.0 Å². The first-order valence-corrected chi connectivity index (χ1v) is 47.2. The van der Waals surface area contributed by atoms with Crippen molar-refractivity contribution in [1.29, 1.82) is 0 Å². The summed E-state index contributed by atoms with van der Waals surface area (Å²) in [5.74, 6) is -0.769. The van der Waals surface area contributed by atoms with Gasteiger partial charge in [0.2, 0.25) is 0 Å². The molecule has 0 fully saturated rings. The second kappa shape index (κ2) is 84.5. The summed E-state index contributed by atoms with van der Waals surface area (Å²) in [5.41, 5.74) is 0. The third-order valence-corrected chi connectivity index (χ3v) is 21.7. The molecule has 0 aliphatic rings. The fraction of sp³-hybridized carbons (Fsp3) is 0.851. The van der Waals surface area contributed by atoms with E-state index in [-0.39, 0.29) is 25.6 Å². The number of rotatable bonds is 86. The van der Waals surface area contributed by atoms with Crippen molar-refractivity contribution >= 4 is 19.8 Å². The monoisotopic (exact) mass is 1480 g/mol. The molecule has 0 saturated heterocycles. The first kappa shape index (κ1) is 101. The number of phosphoric ester groups is 1. The van der Waals surface area contributed by atoms with Crippen LogP contribution in [-0.4, -0.2) is 74.9 Å². The van der Waals surface area contributed by atoms with Crippen molar-refractivity contribution in [2.75, 3.05) is 47.5 Å². The number of quaternary nitrogens is 1. The molecule has 10 heteroatoms. The zero-order valence-electron chi connectivity index (χ0n) is 70.0. The molecule has 0 bridgehead atoms. The smallest absolute Gasteiger partial charge is 0.462 e. The fourth-order valence-electron chi connectivity index (χ4n) is 13.8. The summed E-state index contributed by atoms with van der Waals surface area (Å²) in [6.45, 7) is 4.39. The predicted molar refractivity (Wildman–Crippen MR) is 455 cm³/mol. The maximum absolute atomic E-state index is 13.0. The quantitative estimate of drug-likeness (QED) is 0.0211. The number of unbranched alkanes of at least 4 members (excludes halogenated alkanes) is 60. The fourth-order valence-corrected chi connectivity index (χ4v) is 14.6. The number of phosphoric acid groups is 1. The van der Waals surface area contributed by atoms with Gasteiger partial charge in [0, 0.05) is 12.8 Å². The van der Waals surface area contributed by atoms with Crippen LogP contribution in [0.4, 0.5) is 0 Å². The summed E-state index contributed by atoms with van der Waals surface area (Å²) in [6, 6.07) is 0. The third kappa shape index (κ3) is 88.4. The second-order valence-corrected chi connectivity index (χ2v) is 33.8. The molecule has 0 heterocycles. The molecule has 1 N–H and O–H groups in total. The Kier molecular flexibility index (Phi) is 82.4. The highest BCUT2D eigenvalue weighted by molar-refractivity contribution is 7.47. The Morgan fingerprint density at radius 1 is 0.308 bits per heavy atom. The molecule has 9 nitrogen and oxygen atoms in total. The molecular weight excluding hydrogens is 1300 g/mol. The van der Waals surface area contributed by atoms with Gasteiger partial charge in [0.15, 0.2) is 6.10 Å². The average Bonchev–Trinajstić information content (AvgIpc) is 0.920. The van der Waals surface area contributed by atoms with Crippen molar-refractivity contribution in [2.45, 2.75) is 469 Å². The SMILES string of the molecule is CC/C=C\C/C=C\C/C=C\C/C=C\CCCCCCCCCCCCCCCCCCCCCCCCCCCCCCC(=O)OC(COC(=O)CCCCCCCCCCCCCCCCCCCCCCCCCCCCC/C=C\C/C=C\CCCCCCC)COP(=O)(O)OCC[N+](C)(C)C. The zero-order valence-corrected chi connectivity index (χ0v) is 70.9. The lowest BCUT2D eigenvalue weighted by Crippen LogP contribution is -2.37. The number of carbonyl (C=O) groups is 2. The van der Waals surface area contributed by atoms with Crippen LogP contribution in [0.5, 0.6) is 0 Å². The van der Waals surface area contributed by atoms with Crippen molar-refractivity contribution in [3.63, 3.8) is 0 Å². The molecule has 0 aromatic rings. The van der Waals surface area contributed by atoms with Gasteiger partial charge in [-0.15, -0.1) is 0 Å². The summed E-state index contributed by atoms with van der Waals surface area (Å²) in [7, 11) is 1.50. The van der Waals surface area contributed by atoms with Crippen LogP contribution < -0.4 is 0 Å². The highest BCUT2D eigenvalue weighted by Gasteiger charge is 2.27. The van der Waals surface area contributed by atoms with E-state index >= 15 is 0 Å². The van der Waals surface area contributed by atoms with E-state index in [0.29, 0.717) is 23.9 Å². The van der Waals surface area contributed by atoms with Crippen molar-refractivity contribution < 1.29 is 42.1 Å². The molecule has 0 amide bonds. The Morgan fingerprint density at radius 3 is 0.817 bits per heavy atom. The van der Waals surface area contributed by atoms with Crippen LogP contribution in [0.1, 0.15) is 463 Å². The maximum atomic E-state index is 13.0. The first-order valence-electron chi connectivity index (χ1n) is 45.7. The van der Waals surface area contributed by atoms with Crippen LogP contribution in [0.25, 0.3) is 0 Å². The molecular formula is C94H177NO8P+. The Labute approximate surface area is 648 Å². The number of carbonyl (C=O) groups excluding carboxylic acids is 2. The molecule has 2 atom stereocenters. The number of hydrogen-bond donors (Lipinski definition) is 1. The number of nitrogens with zero attached hydrogens (tertiary/aromatic N) is 1. The molecule has 0 aromatic carbocycles. The topological polar surface area (TPSA) is 108 Å². The van der Waals surface area contributed by atoms with Crippen LogP contribution >= 0.6 is 7.82 Å². The van der Waals surface area contributed by atoms with Gasteiger partial charge in [-0.05, 0) is 83.5 Å². The Bertz CT molecular complexity index is 1990. The van der Waals surface area contributed by atoms with Crippen molar-refractivity contribution in [1.82, 2.24) is 0 Å². The third-order valence-electron chi connectivity index (χ3n) is 20.7. The lowest BCUT2D eigenvalue weighted by molar-refractivity contribution is -0.870. The summed E-state index contributed by atoms with van der Waals surface area (Å²) < 4.78 is 34.9. The average molecular weight is 1480 g/mol. The van der Waals surface area contributed by atoms with E-state index in [1.807, 2.05) is 21.1 Å². The van der Waals surface area contributed by atoms with Crippen LogP contribution in [0.2, 0.25) is 0 Å². The number of esters is 2. The molecule has 0 aliphatic heterocycles. The van der Waals surface area contributed by atoms with E-state index in [2.05, 4.69) is 86.8 Å². The van der Waals surface area contributed by atoms with Gasteiger partial charge in [0.1, 0.15) is 19.8 Å². The molecule has 0 saturated carbocycles. The molecule has 0 radical (unpaired) electrons. The van der Waals surface area contributed by atoms with Gasteiger partial charge in [-0.3, -0.25) is 18.6 Å². The Balaban J connectivity index is 3.83. The molecule has 0 rings (SSSR count). The summed E-state index contributed by atoms with van der Waals surface area (Å²) >= 11 is 0. The van der Waals surface area contributed by atoms with E-state index in [0.717, 1.165) is 64.2 Å². The number of hydrogen-bond acceptors (Lipinski definition) is 7. The van der Waals surface area contributed by atoms with Crippen LogP contribution in [0, 0.1) is 0 Å². The Morgan fingerprint density at radius 2 is 0.548 bits per heavy atom. The van der Waals surface area contributed by atoms with Gasteiger partial charge in [-0.1, -0.05) is 440 Å². The van der Waals surface area contributed by atoms with E-state index in [4.69, 9.17) is 18.5 Å². The minimum atomic E-state index is -4.40. The van der Waals surface area contributed by atoms with Gasteiger partial charge >= 0.3 is 19.8 Å². The summed E-state index contributed by atoms with van der Waals surface area (Å²) in [6.07, 6.45) is 117. The molecule has 0 aromatic heterocycles. The second-order valence-electron chi connectivity index (χ2n) is 32.3. The van der Waals surface area contributed by atoms with Crippen LogP contribution in [0.15, 0.2) is 72.9 Å². The zero-order chi connectivity index (χ0) is 75.4. The highest BCUT2D eigenvalue weighted by Crippen LogP contribution is 2.43. The predicted octanol–water partition coefficient (Wildman–Crippen LogP) is 31.0. The Hall–Kier alpha value is -2.55. The number of allylic oxidation sites excluding steroid dienone is 12. The molecule has 0 spiro atoms. The van der Waals surface area contributed by atoms with Gasteiger partial charge in [0.25, 0.3) is 0 Å². The molecule has 104 heavy (non-hydrogen) atoms. The largest absolute Gasteiger partial charge is 0.472 e. The minimum Gasteiger partial charge on any atom is -0.462 e. The lowest BCUT2D eigenvalue weighted by Gasteiger charge is -2.24. The number of likely N-dealkylation sites (N-methyl/N-ethyl adjacent to an activating group) is 1. The van der Waals surface area contributed by atoms with E-state index in [1.54, 1.807) is 0 Å². The lowest BCUT2D eigenvalue weighted by atomic mass is 10.0. The van der Waals surface area contributed by atoms with Crippen LogP contribution in [0.3, 0.4) is 0 Å². The summed E-state index contributed by atoms with van der Waals surface area (Å²) in [4.78, 5) is 36.1. The van der Waals surface area contributed by atoms with Crippen molar-refractivity contribution in [3.05, 3.63) is 72.9 Å². The van der Waals surface area contributed by atoms with Crippen LogP contribution in [-0.2, 0) is 32.7 Å².